The van der Waals surface area contributed by atoms with Crippen LogP contribution in [-0.2, 0) is 19.0 Å². The van der Waals surface area contributed by atoms with Crippen molar-refractivity contribution in [1.82, 2.24) is 0 Å². The van der Waals surface area contributed by atoms with Gasteiger partial charge in [-0.15, -0.1) is 0 Å². The molecule has 1 aliphatic heterocycles. The predicted molar refractivity (Wildman–Crippen MR) is 80.5 cm³/mol. The van der Waals surface area contributed by atoms with Crippen molar-refractivity contribution in [2.24, 2.45) is 0 Å². The molecule has 0 spiro atoms. The highest BCUT2D eigenvalue weighted by Gasteiger charge is 2.50. The fourth-order valence-electron chi connectivity index (χ4n) is 2.48. The van der Waals surface area contributed by atoms with Crippen molar-refractivity contribution in [2.75, 3.05) is 7.11 Å². The highest BCUT2D eigenvalue weighted by Crippen LogP contribution is 2.46. The van der Waals surface area contributed by atoms with E-state index >= 15 is 0 Å². The zero-order valence-corrected chi connectivity index (χ0v) is 13.7. The van der Waals surface area contributed by atoms with Gasteiger partial charge in [0.05, 0.1) is 7.11 Å². The molecule has 1 aromatic carbocycles. The van der Waals surface area contributed by atoms with Crippen LogP contribution >= 0.6 is 23.2 Å². The maximum absolute atomic E-state index is 12.0. The third-order valence-corrected chi connectivity index (χ3v) is 4.41. The minimum absolute atomic E-state index is 0.438. The second kappa shape index (κ2) is 6.53. The Morgan fingerprint density at radius 1 is 1.24 bits per heavy atom. The number of rotatable bonds is 4. The average Bonchev–Trinajstić information content (AvgIpc) is 2.87. The topological polar surface area (TPSA) is 44.8 Å². The number of hydrogen-bond donors (Lipinski definition) is 0. The van der Waals surface area contributed by atoms with Crippen LogP contribution in [0.25, 0.3) is 0 Å². The van der Waals surface area contributed by atoms with Gasteiger partial charge < -0.3 is 14.2 Å². The molecule has 6 heteroatoms. The van der Waals surface area contributed by atoms with Gasteiger partial charge in [-0.2, -0.15) is 0 Å². The summed E-state index contributed by atoms with van der Waals surface area (Å²) in [5.74, 6) is -1.33. The molecule has 0 unspecified atom stereocenters. The van der Waals surface area contributed by atoms with Gasteiger partial charge in [0.15, 0.2) is 11.9 Å². The van der Waals surface area contributed by atoms with Crippen molar-refractivity contribution in [2.45, 2.75) is 44.7 Å². The number of halogens is 2. The summed E-state index contributed by atoms with van der Waals surface area (Å²) in [6, 6.07) is 5.15. The van der Waals surface area contributed by atoms with Crippen molar-refractivity contribution in [3.63, 3.8) is 0 Å². The molecule has 0 bridgehead atoms. The van der Waals surface area contributed by atoms with Crippen molar-refractivity contribution >= 4 is 29.2 Å². The molecule has 21 heavy (non-hydrogen) atoms. The summed E-state index contributed by atoms with van der Waals surface area (Å²) >= 11 is 12.5. The molecular formula is C15H18Cl2O4. The van der Waals surface area contributed by atoms with Gasteiger partial charge in [-0.3, -0.25) is 0 Å². The van der Waals surface area contributed by atoms with Gasteiger partial charge in [-0.05, 0) is 25.0 Å². The zero-order chi connectivity index (χ0) is 15.6. The molecule has 0 N–H and O–H groups in total. The first-order valence-electron chi connectivity index (χ1n) is 6.85. The Kier molecular flexibility index (Phi) is 5.15. The van der Waals surface area contributed by atoms with Gasteiger partial charge in [0, 0.05) is 15.6 Å². The summed E-state index contributed by atoms with van der Waals surface area (Å²) in [6.07, 6.45) is -0.351. The highest BCUT2D eigenvalue weighted by molar-refractivity contribution is 6.36. The maximum Gasteiger partial charge on any atom is 0.338 e. The van der Waals surface area contributed by atoms with Gasteiger partial charge in [-0.1, -0.05) is 43.1 Å². The van der Waals surface area contributed by atoms with Gasteiger partial charge in [0.2, 0.25) is 0 Å². The van der Waals surface area contributed by atoms with E-state index in [1.807, 2.05) is 13.8 Å². The molecule has 116 valence electrons. The Morgan fingerprint density at radius 2 is 1.81 bits per heavy atom. The first-order chi connectivity index (χ1) is 9.98. The number of methoxy groups -OCH3 is 1. The lowest BCUT2D eigenvalue weighted by Gasteiger charge is -2.25. The molecule has 0 aromatic heterocycles. The van der Waals surface area contributed by atoms with Crippen LogP contribution in [0.2, 0.25) is 10.0 Å². The van der Waals surface area contributed by atoms with Crippen molar-refractivity contribution < 1.29 is 19.0 Å². The SMILES string of the molecule is CCC1(CC)O[C@H](C(=O)OC)[C@H](c2c(Cl)cccc2Cl)O1. The van der Waals surface area contributed by atoms with E-state index in [1.54, 1.807) is 18.2 Å². The van der Waals surface area contributed by atoms with E-state index in [-0.39, 0.29) is 0 Å². The molecule has 0 radical (unpaired) electrons. The molecular weight excluding hydrogens is 315 g/mol. The molecule has 0 aliphatic carbocycles. The third kappa shape index (κ3) is 3.04. The Morgan fingerprint density at radius 3 is 2.29 bits per heavy atom. The largest absolute Gasteiger partial charge is 0.467 e. The molecule has 2 rings (SSSR count). The van der Waals surface area contributed by atoms with Gasteiger partial charge >= 0.3 is 5.97 Å². The second-order valence-electron chi connectivity index (χ2n) is 4.85. The monoisotopic (exact) mass is 332 g/mol. The zero-order valence-electron chi connectivity index (χ0n) is 12.2. The minimum atomic E-state index is -0.882. The predicted octanol–water partition coefficient (Wildman–Crippen LogP) is 4.14. The molecule has 1 aromatic rings. The third-order valence-electron chi connectivity index (χ3n) is 3.75. The summed E-state index contributed by atoms with van der Waals surface area (Å²) in [6.45, 7) is 3.88. The standard InChI is InChI=1S/C15H18Cl2O4/c1-4-15(5-2)20-12(13(21-15)14(18)19-3)11-9(16)7-6-8-10(11)17/h6-8,12-13H,4-5H2,1-3H3/t12-,13-/m0/s1. The molecule has 2 atom stereocenters. The quantitative estimate of drug-likeness (QED) is 0.777. The van der Waals surface area contributed by atoms with E-state index in [2.05, 4.69) is 0 Å². The fourth-order valence-corrected chi connectivity index (χ4v) is 3.09. The number of esters is 1. The molecule has 1 fully saturated rings. The summed E-state index contributed by atoms with van der Waals surface area (Å²) < 4.78 is 16.7. The van der Waals surface area contributed by atoms with E-state index in [9.17, 15) is 4.79 Å². The smallest absolute Gasteiger partial charge is 0.338 e. The van der Waals surface area contributed by atoms with Crippen LogP contribution in [0.15, 0.2) is 18.2 Å². The van der Waals surface area contributed by atoms with E-state index in [4.69, 9.17) is 37.4 Å². The van der Waals surface area contributed by atoms with Gasteiger partial charge in [0.25, 0.3) is 0 Å². The number of carbonyl (C=O) groups excluding carboxylic acids is 1. The normalized spacial score (nSPS) is 24.0. The summed E-state index contributed by atoms with van der Waals surface area (Å²) in [4.78, 5) is 12.0. The Balaban J connectivity index is 2.46. The Labute approximate surface area is 134 Å². The number of carbonyl (C=O) groups is 1. The van der Waals surface area contributed by atoms with Crippen LogP contribution < -0.4 is 0 Å². The van der Waals surface area contributed by atoms with Crippen LogP contribution in [0.4, 0.5) is 0 Å². The molecule has 1 saturated heterocycles. The van der Waals surface area contributed by atoms with Crippen LogP contribution in [0.1, 0.15) is 38.4 Å². The summed E-state index contributed by atoms with van der Waals surface area (Å²) in [5, 5.41) is 0.876. The van der Waals surface area contributed by atoms with Crippen LogP contribution in [-0.4, -0.2) is 25.0 Å². The lowest BCUT2D eigenvalue weighted by Crippen LogP contribution is -2.32. The van der Waals surface area contributed by atoms with Crippen molar-refractivity contribution in [3.8, 4) is 0 Å². The first kappa shape index (κ1) is 16.6. The summed E-state index contributed by atoms with van der Waals surface area (Å²) in [5.41, 5.74) is 0.556. The summed E-state index contributed by atoms with van der Waals surface area (Å²) in [7, 11) is 1.31. The molecule has 0 saturated carbocycles. The van der Waals surface area contributed by atoms with E-state index < -0.39 is 24.0 Å². The molecule has 1 aliphatic rings. The maximum atomic E-state index is 12.0. The fraction of sp³-hybridized carbons (Fsp3) is 0.533. The van der Waals surface area contributed by atoms with E-state index in [0.29, 0.717) is 28.5 Å². The van der Waals surface area contributed by atoms with Crippen molar-refractivity contribution in [3.05, 3.63) is 33.8 Å². The molecule has 4 nitrogen and oxygen atoms in total. The number of hydrogen-bond acceptors (Lipinski definition) is 4. The molecule has 1 heterocycles. The van der Waals surface area contributed by atoms with Crippen LogP contribution in [0.3, 0.4) is 0 Å². The Bertz CT molecular complexity index is 508. The van der Waals surface area contributed by atoms with Crippen LogP contribution in [0.5, 0.6) is 0 Å². The first-order valence-corrected chi connectivity index (χ1v) is 7.61. The second-order valence-corrected chi connectivity index (χ2v) is 5.67. The highest BCUT2D eigenvalue weighted by atomic mass is 35.5. The number of ether oxygens (including phenoxy) is 3. The Hall–Kier alpha value is -0.810. The average molecular weight is 333 g/mol. The van der Waals surface area contributed by atoms with E-state index in [1.165, 1.54) is 7.11 Å². The number of benzene rings is 1. The van der Waals surface area contributed by atoms with Crippen LogP contribution in [0, 0.1) is 0 Å². The van der Waals surface area contributed by atoms with E-state index in [0.717, 1.165) is 0 Å². The van der Waals surface area contributed by atoms with Crippen molar-refractivity contribution in [1.29, 1.82) is 0 Å². The van der Waals surface area contributed by atoms with Gasteiger partial charge in [0.1, 0.15) is 6.10 Å². The lowest BCUT2D eigenvalue weighted by atomic mass is 10.0. The molecule has 0 amide bonds. The minimum Gasteiger partial charge on any atom is -0.467 e. The lowest BCUT2D eigenvalue weighted by molar-refractivity contribution is -0.187. The van der Waals surface area contributed by atoms with Gasteiger partial charge in [-0.25, -0.2) is 4.79 Å².